The van der Waals surface area contributed by atoms with Gasteiger partial charge in [-0.05, 0) is 55.1 Å². The van der Waals surface area contributed by atoms with E-state index >= 15 is 0 Å². The first-order chi connectivity index (χ1) is 14.5. The summed E-state index contributed by atoms with van der Waals surface area (Å²) in [6.45, 7) is 2.13. The Morgan fingerprint density at radius 2 is 1.87 bits per heavy atom. The first-order valence-electron chi connectivity index (χ1n) is 9.35. The highest BCUT2D eigenvalue weighted by Gasteiger charge is 2.33. The number of hydrogen-bond donors (Lipinski definition) is 1. The lowest BCUT2D eigenvalue weighted by Gasteiger charge is -2.07. The van der Waals surface area contributed by atoms with Crippen LogP contribution in [-0.2, 0) is 16.1 Å². The molecule has 0 radical (unpaired) electrons. The number of anilines is 1. The van der Waals surface area contributed by atoms with Crippen LogP contribution < -0.4 is 5.32 Å². The molecule has 0 spiro atoms. The third-order valence-electron chi connectivity index (χ3n) is 4.74. The molecule has 30 heavy (non-hydrogen) atoms. The number of nitrogens with one attached hydrogen (secondary N) is 1. The molecule has 8 heteroatoms. The Balaban J connectivity index is 1.62. The molecule has 1 fully saturated rings. The van der Waals surface area contributed by atoms with Crippen molar-refractivity contribution in [1.82, 2.24) is 9.47 Å². The van der Waals surface area contributed by atoms with E-state index in [1.165, 1.54) is 29.2 Å². The van der Waals surface area contributed by atoms with E-state index in [0.717, 1.165) is 28.2 Å². The summed E-state index contributed by atoms with van der Waals surface area (Å²) in [6.07, 6.45) is 3.48. The number of fused-ring (bicyclic) bond motifs is 1. The second kappa shape index (κ2) is 8.16. The van der Waals surface area contributed by atoms with Crippen LogP contribution >= 0.6 is 11.8 Å². The van der Waals surface area contributed by atoms with Crippen LogP contribution in [0.15, 0.2) is 59.6 Å². The van der Waals surface area contributed by atoms with Crippen molar-refractivity contribution in [1.29, 1.82) is 0 Å². The maximum Gasteiger partial charge on any atom is 0.293 e. The average molecular weight is 423 g/mol. The molecular formula is C22H18FN3O3S. The number of nitrogens with zero attached hydrogens (tertiary/aromatic N) is 2. The number of thioether (sulfide) groups is 1. The van der Waals surface area contributed by atoms with Gasteiger partial charge in [-0.15, -0.1) is 0 Å². The quantitative estimate of drug-likeness (QED) is 0.615. The van der Waals surface area contributed by atoms with Crippen LogP contribution in [0.1, 0.15) is 12.5 Å². The van der Waals surface area contributed by atoms with E-state index in [1.54, 1.807) is 23.8 Å². The Morgan fingerprint density at radius 1 is 1.13 bits per heavy atom. The largest absolute Gasteiger partial charge is 0.337 e. The predicted molar refractivity (Wildman–Crippen MR) is 115 cm³/mol. The molecular weight excluding hydrogens is 405 g/mol. The van der Waals surface area contributed by atoms with Gasteiger partial charge >= 0.3 is 0 Å². The van der Waals surface area contributed by atoms with Crippen molar-refractivity contribution >= 4 is 51.5 Å². The standard InChI is InChI=1S/C22H18FN3O3S/c1-2-26-21(28)19(30-22(26)29)11-14-12-25(18-6-4-3-5-17(14)18)13-20(27)24-16-9-7-15(23)8-10-16/h3-12H,2,13H2,1H3,(H,24,27). The number of aromatic nitrogens is 1. The summed E-state index contributed by atoms with van der Waals surface area (Å²) in [5.74, 6) is -0.944. The molecule has 152 valence electrons. The van der Waals surface area contributed by atoms with Crippen molar-refractivity contribution in [3.05, 3.63) is 71.0 Å². The number of halogens is 1. The molecule has 1 saturated heterocycles. The van der Waals surface area contributed by atoms with Crippen LogP contribution in [0.25, 0.3) is 17.0 Å². The number of para-hydroxylation sites is 1. The summed E-state index contributed by atoms with van der Waals surface area (Å²) >= 11 is 0.915. The van der Waals surface area contributed by atoms with Gasteiger partial charge in [0.2, 0.25) is 5.91 Å². The van der Waals surface area contributed by atoms with E-state index in [-0.39, 0.29) is 29.4 Å². The number of amides is 3. The molecule has 0 saturated carbocycles. The van der Waals surface area contributed by atoms with Crippen molar-refractivity contribution in [2.45, 2.75) is 13.5 Å². The van der Waals surface area contributed by atoms with Gasteiger partial charge in [-0.3, -0.25) is 19.3 Å². The fourth-order valence-corrected chi connectivity index (χ4v) is 4.22. The summed E-state index contributed by atoms with van der Waals surface area (Å²) in [5.41, 5.74) is 2.08. The van der Waals surface area contributed by atoms with Crippen molar-refractivity contribution in [2.75, 3.05) is 11.9 Å². The zero-order valence-electron chi connectivity index (χ0n) is 16.1. The molecule has 3 aromatic rings. The van der Waals surface area contributed by atoms with Crippen molar-refractivity contribution in [2.24, 2.45) is 0 Å². The van der Waals surface area contributed by atoms with Crippen LogP contribution in [0, 0.1) is 5.82 Å². The molecule has 0 bridgehead atoms. The van der Waals surface area contributed by atoms with Crippen LogP contribution in [0.3, 0.4) is 0 Å². The first-order valence-corrected chi connectivity index (χ1v) is 10.2. The molecule has 2 heterocycles. The Morgan fingerprint density at radius 3 is 2.57 bits per heavy atom. The minimum Gasteiger partial charge on any atom is -0.337 e. The summed E-state index contributed by atoms with van der Waals surface area (Å²) in [5, 5.41) is 3.33. The van der Waals surface area contributed by atoms with Crippen LogP contribution in [0.2, 0.25) is 0 Å². The zero-order chi connectivity index (χ0) is 21.3. The maximum atomic E-state index is 13.0. The van der Waals surface area contributed by atoms with Gasteiger partial charge in [-0.25, -0.2) is 4.39 Å². The summed E-state index contributed by atoms with van der Waals surface area (Å²) in [7, 11) is 0. The SMILES string of the molecule is CCN1C(=O)SC(=Cc2cn(CC(=O)Nc3ccc(F)cc3)c3ccccc23)C1=O. The lowest BCUT2D eigenvalue weighted by Crippen LogP contribution is -2.27. The van der Waals surface area contributed by atoms with Gasteiger partial charge in [-0.1, -0.05) is 18.2 Å². The van der Waals surface area contributed by atoms with Gasteiger partial charge in [0.1, 0.15) is 12.4 Å². The van der Waals surface area contributed by atoms with Crippen LogP contribution in [0.4, 0.5) is 14.9 Å². The lowest BCUT2D eigenvalue weighted by molar-refractivity contribution is -0.122. The number of hydrogen-bond acceptors (Lipinski definition) is 4. The second-order valence-corrected chi connectivity index (χ2v) is 7.70. The lowest BCUT2D eigenvalue weighted by atomic mass is 10.1. The molecule has 1 aromatic heterocycles. The molecule has 0 unspecified atom stereocenters. The fraction of sp³-hybridized carbons (Fsp3) is 0.136. The molecule has 1 aliphatic heterocycles. The number of carbonyl (C=O) groups excluding carboxylic acids is 3. The first kappa shape index (κ1) is 19.9. The average Bonchev–Trinajstić information content (AvgIpc) is 3.20. The number of likely N-dealkylation sites (N-methyl/N-ethyl adjacent to an activating group) is 1. The normalized spacial score (nSPS) is 15.4. The minimum atomic E-state index is -0.374. The fourth-order valence-electron chi connectivity index (χ4n) is 3.32. The van der Waals surface area contributed by atoms with E-state index in [9.17, 15) is 18.8 Å². The van der Waals surface area contributed by atoms with E-state index in [0.29, 0.717) is 17.1 Å². The van der Waals surface area contributed by atoms with E-state index in [2.05, 4.69) is 5.32 Å². The summed E-state index contributed by atoms with van der Waals surface area (Å²) in [4.78, 5) is 38.4. The third kappa shape index (κ3) is 3.86. The Hall–Kier alpha value is -3.39. The summed E-state index contributed by atoms with van der Waals surface area (Å²) in [6, 6.07) is 13.1. The highest BCUT2D eigenvalue weighted by atomic mass is 32.2. The molecule has 0 aliphatic carbocycles. The molecule has 2 aromatic carbocycles. The van der Waals surface area contributed by atoms with Crippen LogP contribution in [0.5, 0.6) is 0 Å². The summed E-state index contributed by atoms with van der Waals surface area (Å²) < 4.78 is 14.8. The van der Waals surface area contributed by atoms with Gasteiger partial charge in [0.25, 0.3) is 11.1 Å². The molecule has 6 nitrogen and oxygen atoms in total. The van der Waals surface area contributed by atoms with Gasteiger partial charge < -0.3 is 9.88 Å². The van der Waals surface area contributed by atoms with Crippen molar-refractivity contribution in [3.8, 4) is 0 Å². The molecule has 3 amide bonds. The molecule has 4 rings (SSSR count). The maximum absolute atomic E-state index is 13.0. The van der Waals surface area contributed by atoms with Gasteiger partial charge in [0, 0.05) is 34.9 Å². The molecule has 0 atom stereocenters. The minimum absolute atomic E-state index is 0.0438. The van der Waals surface area contributed by atoms with Gasteiger partial charge in [0.15, 0.2) is 0 Å². The Bertz CT molecular complexity index is 1180. The molecule has 1 aliphatic rings. The van der Waals surface area contributed by atoms with Gasteiger partial charge in [0.05, 0.1) is 4.91 Å². The Kier molecular flexibility index (Phi) is 5.41. The Labute approximate surface area is 176 Å². The van der Waals surface area contributed by atoms with E-state index < -0.39 is 0 Å². The number of rotatable bonds is 5. The number of benzene rings is 2. The monoisotopic (exact) mass is 423 g/mol. The highest BCUT2D eigenvalue weighted by Crippen LogP contribution is 2.33. The topological polar surface area (TPSA) is 71.4 Å². The smallest absolute Gasteiger partial charge is 0.293 e. The van der Waals surface area contributed by atoms with E-state index in [4.69, 9.17) is 0 Å². The number of carbonyl (C=O) groups is 3. The predicted octanol–water partition coefficient (Wildman–Crippen LogP) is 4.48. The third-order valence-corrected chi connectivity index (χ3v) is 5.65. The molecule has 1 N–H and O–H groups in total. The number of imide groups is 1. The van der Waals surface area contributed by atoms with Crippen molar-refractivity contribution < 1.29 is 18.8 Å². The van der Waals surface area contributed by atoms with Crippen molar-refractivity contribution in [3.63, 3.8) is 0 Å². The highest BCUT2D eigenvalue weighted by molar-refractivity contribution is 8.18. The second-order valence-electron chi connectivity index (χ2n) is 6.71. The van der Waals surface area contributed by atoms with Crippen LogP contribution in [-0.4, -0.2) is 33.1 Å². The van der Waals surface area contributed by atoms with E-state index in [1.807, 2.05) is 24.3 Å². The zero-order valence-corrected chi connectivity index (χ0v) is 16.9. The van der Waals surface area contributed by atoms with Gasteiger partial charge in [-0.2, -0.15) is 0 Å².